The molecule has 0 bridgehead atoms. The molecule has 0 saturated heterocycles. The second-order valence-electron chi connectivity index (χ2n) is 8.70. The number of carbonyl (C=O) groups excluding carboxylic acids is 4. The minimum absolute atomic E-state index is 0.0193. The Labute approximate surface area is 220 Å². The number of hydrogen-bond acceptors (Lipinski definition) is 8. The molecule has 1 aromatic carbocycles. The van der Waals surface area contributed by atoms with Gasteiger partial charge in [0.2, 0.25) is 27.7 Å². The topological polar surface area (TPSA) is 243 Å². The van der Waals surface area contributed by atoms with Gasteiger partial charge in [0.25, 0.3) is 0 Å². The van der Waals surface area contributed by atoms with Crippen molar-refractivity contribution in [3.05, 3.63) is 35.4 Å². The summed E-state index contributed by atoms with van der Waals surface area (Å²) < 4.78 is 27.6. The second-order valence-corrected chi connectivity index (χ2v) is 10.5. The van der Waals surface area contributed by atoms with E-state index in [4.69, 9.17) is 22.0 Å². The van der Waals surface area contributed by atoms with E-state index in [9.17, 15) is 32.4 Å². The van der Waals surface area contributed by atoms with Crippen molar-refractivity contribution in [3.63, 3.8) is 0 Å². The van der Waals surface area contributed by atoms with Crippen molar-refractivity contribution < 1.29 is 37.5 Å². The molecule has 0 heterocycles. The number of carboxylic acid groups (broad SMARTS) is 1. The van der Waals surface area contributed by atoms with Crippen molar-refractivity contribution in [3.8, 4) is 0 Å². The lowest BCUT2D eigenvalue weighted by Gasteiger charge is -2.24. The van der Waals surface area contributed by atoms with Gasteiger partial charge in [-0.05, 0) is 37.0 Å². The Bertz CT molecular complexity index is 1120. The molecule has 3 amide bonds. The number of benzene rings is 1. The van der Waals surface area contributed by atoms with Crippen molar-refractivity contribution >= 4 is 45.8 Å². The predicted octanol–water partition coefficient (Wildman–Crippen LogP) is -0.923. The summed E-state index contributed by atoms with van der Waals surface area (Å²) in [6.07, 6.45) is 1.43. The van der Waals surface area contributed by atoms with Crippen LogP contribution in [0.1, 0.15) is 54.4 Å². The van der Waals surface area contributed by atoms with Crippen molar-refractivity contribution in [2.45, 2.75) is 56.4 Å². The lowest BCUT2D eigenvalue weighted by molar-refractivity contribution is -0.139. The van der Waals surface area contributed by atoms with E-state index in [1.165, 1.54) is 31.3 Å². The highest BCUT2D eigenvalue weighted by molar-refractivity contribution is 7.88. The quantitative estimate of drug-likeness (QED) is 0.0567. The van der Waals surface area contributed by atoms with Crippen LogP contribution in [-0.2, 0) is 35.0 Å². The first-order chi connectivity index (χ1) is 17.7. The summed E-state index contributed by atoms with van der Waals surface area (Å²) in [7, 11) is -2.90. The zero-order valence-electron chi connectivity index (χ0n) is 21.0. The molecule has 2 atom stereocenters. The molecule has 210 valence electrons. The van der Waals surface area contributed by atoms with E-state index in [0.717, 1.165) is 4.90 Å². The number of amides is 3. The maximum Gasteiger partial charge on any atom is 0.303 e. The van der Waals surface area contributed by atoms with Crippen LogP contribution in [0, 0.1) is 5.41 Å². The summed E-state index contributed by atoms with van der Waals surface area (Å²) in [5, 5.41) is 18.7. The molecule has 8 N–H and O–H groups in total. The third-order valence-electron chi connectivity index (χ3n) is 5.34. The van der Waals surface area contributed by atoms with Crippen LogP contribution in [0.15, 0.2) is 24.3 Å². The van der Waals surface area contributed by atoms with Gasteiger partial charge in [0.1, 0.15) is 12.3 Å². The molecule has 0 radical (unpaired) electrons. The first-order valence-corrected chi connectivity index (χ1v) is 13.3. The van der Waals surface area contributed by atoms with E-state index >= 15 is 0 Å². The number of carbonyl (C=O) groups is 5. The molecule has 1 aromatic rings. The fourth-order valence-corrected chi connectivity index (χ4v) is 4.78. The molecule has 15 heteroatoms. The van der Waals surface area contributed by atoms with E-state index in [0.29, 0.717) is 37.5 Å². The molecular formula is C23H34N6O8S. The molecule has 0 saturated carbocycles. The number of unbranched alkanes of at least 4 members (excludes halogenated alkanes) is 1. The molecule has 0 aliphatic rings. The largest absolute Gasteiger partial charge is 0.481 e. The number of aliphatic carboxylic acids is 1. The minimum atomic E-state index is -4.14. The molecule has 0 aromatic heterocycles. The Morgan fingerprint density at radius 1 is 1.08 bits per heavy atom. The minimum Gasteiger partial charge on any atom is -0.481 e. The van der Waals surface area contributed by atoms with Gasteiger partial charge in [-0.25, -0.2) is 13.1 Å². The lowest BCUT2D eigenvalue weighted by atomic mass is 10.1. The van der Waals surface area contributed by atoms with E-state index in [1.54, 1.807) is 0 Å². The number of primary amides is 1. The van der Waals surface area contributed by atoms with Gasteiger partial charge in [0.05, 0.1) is 24.2 Å². The van der Waals surface area contributed by atoms with Gasteiger partial charge in [-0.2, -0.15) is 0 Å². The Balaban J connectivity index is 2.82. The maximum atomic E-state index is 12.9. The number of sulfonamides is 1. The summed E-state index contributed by atoms with van der Waals surface area (Å²) in [5.41, 5.74) is 10.9. The zero-order chi connectivity index (χ0) is 28.9. The fraction of sp³-hybridized carbons (Fsp3) is 0.478. The van der Waals surface area contributed by atoms with Crippen LogP contribution in [0.25, 0.3) is 0 Å². The summed E-state index contributed by atoms with van der Waals surface area (Å²) in [6.45, 7) is -0.503. The van der Waals surface area contributed by atoms with Gasteiger partial charge in [0, 0.05) is 25.5 Å². The molecule has 0 fully saturated rings. The predicted molar refractivity (Wildman–Crippen MR) is 137 cm³/mol. The van der Waals surface area contributed by atoms with Gasteiger partial charge in [-0.3, -0.25) is 24.6 Å². The highest BCUT2D eigenvalue weighted by Crippen LogP contribution is 2.11. The van der Waals surface area contributed by atoms with Crippen LogP contribution < -0.4 is 21.5 Å². The SMILES string of the molecule is CN(CC(=O)NC(C=O)CCCCC(=N)N)C(=O)C(CCC(=O)O)NS(=O)(=O)Cc1ccc(C(N)=O)cc1. The number of aldehydes is 1. The van der Waals surface area contributed by atoms with Gasteiger partial charge in [0.15, 0.2) is 0 Å². The highest BCUT2D eigenvalue weighted by atomic mass is 32.2. The Hall–Kier alpha value is -3.85. The lowest BCUT2D eigenvalue weighted by Crippen LogP contribution is -2.50. The van der Waals surface area contributed by atoms with Crippen LogP contribution in [0.3, 0.4) is 0 Å². The number of nitrogens with zero attached hydrogens (tertiary/aromatic N) is 1. The van der Waals surface area contributed by atoms with Crippen LogP contribution in [-0.4, -0.2) is 79.9 Å². The number of likely N-dealkylation sites (N-methyl/N-ethyl adjacent to an activating group) is 1. The van der Waals surface area contributed by atoms with Crippen LogP contribution in [0.4, 0.5) is 0 Å². The summed E-state index contributed by atoms with van der Waals surface area (Å²) >= 11 is 0. The maximum absolute atomic E-state index is 12.9. The van der Waals surface area contributed by atoms with E-state index in [1.807, 2.05) is 0 Å². The molecule has 1 rings (SSSR count). The fourth-order valence-electron chi connectivity index (χ4n) is 3.41. The van der Waals surface area contributed by atoms with Gasteiger partial charge >= 0.3 is 5.97 Å². The number of rotatable bonds is 18. The first kappa shape index (κ1) is 32.2. The van der Waals surface area contributed by atoms with Crippen LogP contribution in [0.5, 0.6) is 0 Å². The highest BCUT2D eigenvalue weighted by Gasteiger charge is 2.29. The monoisotopic (exact) mass is 554 g/mol. The van der Waals surface area contributed by atoms with E-state index in [-0.39, 0.29) is 17.8 Å². The molecule has 38 heavy (non-hydrogen) atoms. The number of nitrogens with two attached hydrogens (primary N) is 2. The average molecular weight is 555 g/mol. The number of amidine groups is 1. The second kappa shape index (κ2) is 15.4. The van der Waals surface area contributed by atoms with Crippen molar-refractivity contribution in [1.82, 2.24) is 14.9 Å². The molecule has 14 nitrogen and oxygen atoms in total. The normalized spacial score (nSPS) is 12.7. The third kappa shape index (κ3) is 12.4. The van der Waals surface area contributed by atoms with Gasteiger partial charge < -0.3 is 31.6 Å². The first-order valence-electron chi connectivity index (χ1n) is 11.7. The smallest absolute Gasteiger partial charge is 0.303 e. The third-order valence-corrected chi connectivity index (χ3v) is 6.70. The van der Waals surface area contributed by atoms with Crippen LogP contribution >= 0.6 is 0 Å². The molecular weight excluding hydrogens is 520 g/mol. The van der Waals surface area contributed by atoms with E-state index < -0.39 is 64.5 Å². The van der Waals surface area contributed by atoms with Gasteiger partial charge in [-0.15, -0.1) is 0 Å². The molecule has 0 aliphatic heterocycles. The number of carboxylic acids is 1. The molecule has 2 unspecified atom stereocenters. The summed E-state index contributed by atoms with van der Waals surface area (Å²) in [5.74, 6) is -3.97. The van der Waals surface area contributed by atoms with Crippen molar-refractivity contribution in [2.24, 2.45) is 11.5 Å². The van der Waals surface area contributed by atoms with Crippen LogP contribution in [0.2, 0.25) is 0 Å². The Morgan fingerprint density at radius 3 is 2.24 bits per heavy atom. The molecule has 0 aliphatic carbocycles. The molecule has 0 spiro atoms. The van der Waals surface area contributed by atoms with Crippen molar-refractivity contribution in [2.75, 3.05) is 13.6 Å². The van der Waals surface area contributed by atoms with Gasteiger partial charge in [-0.1, -0.05) is 18.6 Å². The zero-order valence-corrected chi connectivity index (χ0v) is 21.8. The van der Waals surface area contributed by atoms with Crippen molar-refractivity contribution in [1.29, 1.82) is 5.41 Å². The average Bonchev–Trinajstić information content (AvgIpc) is 2.82. The van der Waals surface area contributed by atoms with E-state index in [2.05, 4.69) is 10.0 Å². The number of hydrogen-bond donors (Lipinski definition) is 6. The Morgan fingerprint density at radius 2 is 1.71 bits per heavy atom. The standard InChI is InChI=1S/C23H34N6O8S/c1-29(12-20(31)27-17(13-30)4-2-3-5-19(24)25)23(35)18(10-11-21(32)33)28-38(36,37)14-15-6-8-16(9-7-15)22(26)34/h6-9,13,17-18,28H,2-5,10-12,14H2,1H3,(H3,24,25)(H2,26,34)(H,27,31)(H,32,33). The summed E-state index contributed by atoms with van der Waals surface area (Å²) in [4.78, 5) is 59.8. The Kier molecular flexibility index (Phi) is 13.1. The number of nitrogens with one attached hydrogen (secondary N) is 3. The summed E-state index contributed by atoms with van der Waals surface area (Å²) in [6, 6.07) is 3.18.